The Hall–Kier alpha value is -2.45. The van der Waals surface area contributed by atoms with Crippen LogP contribution in [0.4, 0.5) is 10.1 Å². The highest BCUT2D eigenvalue weighted by Gasteiger charge is 2.55. The third kappa shape index (κ3) is 2.62. The lowest BCUT2D eigenvalue weighted by Crippen LogP contribution is -2.29. The van der Waals surface area contributed by atoms with Crippen LogP contribution in [0.25, 0.3) is 10.9 Å². The van der Waals surface area contributed by atoms with E-state index in [0.29, 0.717) is 22.7 Å². The summed E-state index contributed by atoms with van der Waals surface area (Å²) in [6.07, 6.45) is 3.19. The van der Waals surface area contributed by atoms with E-state index in [9.17, 15) is 14.7 Å². The fourth-order valence-corrected chi connectivity index (χ4v) is 5.22. The molecule has 5 rings (SSSR count). The third-order valence-corrected chi connectivity index (χ3v) is 6.90. The zero-order chi connectivity index (χ0) is 20.5. The van der Waals surface area contributed by atoms with Gasteiger partial charge in [-0.25, -0.2) is 9.18 Å². The summed E-state index contributed by atoms with van der Waals surface area (Å²) in [5.41, 5.74) is 0.917. The van der Waals surface area contributed by atoms with Crippen LogP contribution in [0.5, 0.6) is 0 Å². The third-order valence-electron chi connectivity index (χ3n) is 6.90. The van der Waals surface area contributed by atoms with Crippen LogP contribution in [0.3, 0.4) is 0 Å². The van der Waals surface area contributed by atoms with Crippen molar-refractivity contribution in [3.63, 3.8) is 0 Å². The molecule has 2 aromatic rings. The van der Waals surface area contributed by atoms with E-state index in [-0.39, 0.29) is 23.0 Å². The van der Waals surface area contributed by atoms with Gasteiger partial charge in [0.15, 0.2) is 0 Å². The van der Waals surface area contributed by atoms with Crippen molar-refractivity contribution in [1.29, 1.82) is 0 Å². The molecule has 1 spiro atoms. The van der Waals surface area contributed by atoms with Gasteiger partial charge in [0.05, 0.1) is 23.2 Å². The summed E-state index contributed by atoms with van der Waals surface area (Å²) >= 11 is 0. The van der Waals surface area contributed by atoms with Crippen LogP contribution in [0, 0.1) is 17.2 Å². The Morgan fingerprint density at radius 1 is 1.45 bits per heavy atom. The normalized spacial score (nSPS) is 24.4. The second-order valence-electron chi connectivity index (χ2n) is 8.57. The molecule has 2 N–H and O–H groups in total. The van der Waals surface area contributed by atoms with Gasteiger partial charge in [0, 0.05) is 24.8 Å². The van der Waals surface area contributed by atoms with E-state index in [1.54, 1.807) is 11.5 Å². The summed E-state index contributed by atoms with van der Waals surface area (Å²) in [7, 11) is 1.94. The molecule has 29 heavy (non-hydrogen) atoms. The average Bonchev–Trinajstić information content (AvgIpc) is 3.36. The van der Waals surface area contributed by atoms with Crippen molar-refractivity contribution in [2.75, 3.05) is 31.6 Å². The second-order valence-corrected chi connectivity index (χ2v) is 8.57. The first-order chi connectivity index (χ1) is 13.9. The molecule has 7 nitrogen and oxygen atoms in total. The molecule has 0 amide bonds. The minimum absolute atomic E-state index is 0.100. The van der Waals surface area contributed by atoms with E-state index in [4.69, 9.17) is 4.74 Å². The fourth-order valence-electron chi connectivity index (χ4n) is 5.22. The van der Waals surface area contributed by atoms with E-state index in [1.165, 1.54) is 12.3 Å². The molecule has 8 heteroatoms. The highest BCUT2D eigenvalue weighted by molar-refractivity contribution is 5.95. The number of ether oxygens (including phenoxy) is 1. The number of benzene rings is 1. The minimum Gasteiger partial charge on any atom is -0.477 e. The Bertz CT molecular complexity index is 1090. The van der Waals surface area contributed by atoms with Gasteiger partial charge in [-0.15, -0.1) is 0 Å². The van der Waals surface area contributed by atoms with Crippen LogP contribution in [0.15, 0.2) is 17.1 Å². The van der Waals surface area contributed by atoms with Gasteiger partial charge in [0.25, 0.3) is 0 Å². The number of aromatic nitrogens is 1. The predicted octanol–water partition coefficient (Wildman–Crippen LogP) is 2.32. The van der Waals surface area contributed by atoms with Crippen LogP contribution in [-0.2, 0) is 11.3 Å². The number of rotatable bonds is 4. The topological polar surface area (TPSA) is 83.8 Å². The number of carboxylic acid groups (broad SMARTS) is 1. The number of hydrogen-bond acceptors (Lipinski definition) is 5. The Morgan fingerprint density at radius 3 is 2.86 bits per heavy atom. The molecule has 2 unspecified atom stereocenters. The Kier molecular flexibility index (Phi) is 4.02. The molecule has 2 aliphatic heterocycles. The summed E-state index contributed by atoms with van der Waals surface area (Å²) in [5.74, 6) is -1.36. The van der Waals surface area contributed by atoms with Crippen molar-refractivity contribution in [3.8, 4) is 0 Å². The number of nitrogens with one attached hydrogen (secondary N) is 1. The fraction of sp³-hybridized carbons (Fsp3) is 0.524. The molecule has 3 heterocycles. The van der Waals surface area contributed by atoms with E-state index in [2.05, 4.69) is 10.2 Å². The highest BCUT2D eigenvalue weighted by Crippen LogP contribution is 2.57. The zero-order valence-electron chi connectivity index (χ0n) is 16.5. The maximum absolute atomic E-state index is 15.4. The van der Waals surface area contributed by atoms with Gasteiger partial charge in [-0.05, 0) is 50.8 Å². The molecule has 1 aliphatic carbocycles. The first-order valence-electron chi connectivity index (χ1n) is 10.0. The molecule has 0 radical (unpaired) electrons. The Labute approximate surface area is 167 Å². The standard InChI is InChI=1S/C21H24FN3O4/c1-11-25-8-14(20(27)28)19(26)13-5-16(22)18(15(9-29-11)17(13)25)24-7-12(6-23-2)21(10-24)3-4-21/h5,8,11-12,23H,3-4,6-7,9-10H2,1-2H3,(H,27,28). The van der Waals surface area contributed by atoms with Crippen LogP contribution in [-0.4, -0.2) is 42.3 Å². The predicted molar refractivity (Wildman–Crippen MR) is 106 cm³/mol. The van der Waals surface area contributed by atoms with Gasteiger partial charge in [-0.3, -0.25) is 4.79 Å². The van der Waals surface area contributed by atoms with Gasteiger partial charge in [-0.1, -0.05) is 0 Å². The lowest BCUT2D eigenvalue weighted by molar-refractivity contribution is -0.00180. The van der Waals surface area contributed by atoms with Crippen molar-refractivity contribution in [2.24, 2.45) is 11.3 Å². The van der Waals surface area contributed by atoms with E-state index in [0.717, 1.165) is 32.5 Å². The number of halogens is 1. The van der Waals surface area contributed by atoms with Crippen molar-refractivity contribution in [1.82, 2.24) is 9.88 Å². The maximum atomic E-state index is 15.4. The first kappa shape index (κ1) is 18.6. The first-order valence-corrected chi connectivity index (χ1v) is 10.0. The molecule has 3 aliphatic rings. The molecular formula is C21H24FN3O4. The quantitative estimate of drug-likeness (QED) is 0.818. The van der Waals surface area contributed by atoms with Crippen molar-refractivity contribution < 1.29 is 19.0 Å². The van der Waals surface area contributed by atoms with E-state index >= 15 is 4.39 Å². The Balaban J connectivity index is 1.71. The van der Waals surface area contributed by atoms with Gasteiger partial charge >= 0.3 is 5.97 Å². The zero-order valence-corrected chi connectivity index (χ0v) is 16.5. The number of anilines is 1. The van der Waals surface area contributed by atoms with Gasteiger partial charge < -0.3 is 24.6 Å². The molecule has 1 aromatic heterocycles. The molecule has 1 aromatic carbocycles. The molecule has 0 bridgehead atoms. The second kappa shape index (κ2) is 6.27. The summed E-state index contributed by atoms with van der Waals surface area (Å²) in [5, 5.41) is 12.8. The smallest absolute Gasteiger partial charge is 0.341 e. The molecular weight excluding hydrogens is 377 g/mol. The summed E-state index contributed by atoms with van der Waals surface area (Å²) in [4.78, 5) is 26.3. The number of carboxylic acids is 1. The van der Waals surface area contributed by atoms with Gasteiger partial charge in [0.1, 0.15) is 17.6 Å². The molecule has 1 saturated carbocycles. The lowest BCUT2D eigenvalue weighted by atomic mass is 9.93. The summed E-state index contributed by atoms with van der Waals surface area (Å²) < 4.78 is 22.8. The number of nitrogens with zero attached hydrogens (tertiary/aromatic N) is 2. The SMILES string of the molecule is CNCC1CN(c2c(F)cc3c(=O)c(C(=O)O)cn4c3c2COC4C)CC12CC2. The van der Waals surface area contributed by atoms with Crippen molar-refractivity contribution >= 4 is 22.6 Å². The molecule has 2 fully saturated rings. The molecule has 154 valence electrons. The number of hydrogen-bond donors (Lipinski definition) is 2. The summed E-state index contributed by atoms with van der Waals surface area (Å²) in [6, 6.07) is 1.21. The number of aromatic carboxylic acids is 1. The van der Waals surface area contributed by atoms with Crippen molar-refractivity contribution in [3.05, 3.63) is 39.4 Å². The van der Waals surface area contributed by atoms with Crippen LogP contribution in [0.2, 0.25) is 0 Å². The maximum Gasteiger partial charge on any atom is 0.341 e. The van der Waals surface area contributed by atoms with Gasteiger partial charge in [0.2, 0.25) is 5.43 Å². The van der Waals surface area contributed by atoms with E-state index in [1.807, 2.05) is 7.05 Å². The number of pyridine rings is 1. The largest absolute Gasteiger partial charge is 0.477 e. The molecule has 1 saturated heterocycles. The van der Waals surface area contributed by atoms with Crippen molar-refractivity contribution in [2.45, 2.75) is 32.6 Å². The minimum atomic E-state index is -1.32. The van der Waals surface area contributed by atoms with Crippen LogP contribution < -0.4 is 15.6 Å². The summed E-state index contributed by atoms with van der Waals surface area (Å²) in [6.45, 7) is 4.42. The highest BCUT2D eigenvalue weighted by atomic mass is 19.1. The number of carbonyl (C=O) groups is 1. The van der Waals surface area contributed by atoms with Crippen LogP contribution in [0.1, 0.15) is 41.9 Å². The van der Waals surface area contributed by atoms with Gasteiger partial charge in [-0.2, -0.15) is 0 Å². The lowest BCUT2D eigenvalue weighted by Gasteiger charge is -2.31. The average molecular weight is 401 g/mol. The van der Waals surface area contributed by atoms with Crippen LogP contribution >= 0.6 is 0 Å². The van der Waals surface area contributed by atoms with E-state index < -0.39 is 23.4 Å². The molecule has 2 atom stereocenters. The monoisotopic (exact) mass is 401 g/mol. The Morgan fingerprint density at radius 2 is 2.21 bits per heavy atom.